The summed E-state index contributed by atoms with van der Waals surface area (Å²) in [5.74, 6) is 0.211. The molecule has 14 heavy (non-hydrogen) atoms. The summed E-state index contributed by atoms with van der Waals surface area (Å²) in [6.07, 6.45) is 1.59. The van der Waals surface area contributed by atoms with E-state index in [1.807, 2.05) is 13.8 Å². The number of nitrogens with zero attached hydrogens (tertiary/aromatic N) is 3. The molecule has 4 nitrogen and oxygen atoms in total. The molecule has 1 aromatic heterocycles. The molecule has 0 aliphatic rings. The minimum Gasteiger partial charge on any atom is -0.259 e. The molecule has 1 heterocycles. The van der Waals surface area contributed by atoms with Gasteiger partial charge in [0.1, 0.15) is 12.6 Å². The van der Waals surface area contributed by atoms with Crippen molar-refractivity contribution in [1.82, 2.24) is 4.98 Å². The summed E-state index contributed by atoms with van der Waals surface area (Å²) in [7, 11) is 0. The fourth-order valence-electron chi connectivity index (χ4n) is 1.23. The van der Waals surface area contributed by atoms with Crippen molar-refractivity contribution in [1.29, 1.82) is 5.26 Å². The van der Waals surface area contributed by atoms with Crippen LogP contribution in [0.4, 0.5) is 0 Å². The molecular formula is C10H11N3O. The topological polar surface area (TPSA) is 66.1 Å². The van der Waals surface area contributed by atoms with Gasteiger partial charge in [-0.1, -0.05) is 19.0 Å². The maximum atomic E-state index is 10.0. The van der Waals surface area contributed by atoms with Crippen LogP contribution in [0.2, 0.25) is 0 Å². The highest BCUT2D eigenvalue weighted by molar-refractivity contribution is 5.37. The minimum atomic E-state index is 0.0695. The Morgan fingerprint density at radius 3 is 2.86 bits per heavy atom. The van der Waals surface area contributed by atoms with E-state index in [4.69, 9.17) is 5.26 Å². The molecular weight excluding hydrogens is 178 g/mol. The summed E-state index contributed by atoms with van der Waals surface area (Å²) in [6, 6.07) is 3.74. The predicted molar refractivity (Wildman–Crippen MR) is 52.5 cm³/mol. The van der Waals surface area contributed by atoms with Gasteiger partial charge >= 0.3 is 0 Å². The van der Waals surface area contributed by atoms with Crippen LogP contribution < -0.4 is 0 Å². The molecule has 0 radical (unpaired) electrons. The van der Waals surface area contributed by atoms with Crippen LogP contribution in [0.15, 0.2) is 17.4 Å². The van der Waals surface area contributed by atoms with Gasteiger partial charge in [0.15, 0.2) is 0 Å². The van der Waals surface area contributed by atoms with Crippen molar-refractivity contribution in [2.45, 2.75) is 26.3 Å². The summed E-state index contributed by atoms with van der Waals surface area (Å²) < 4.78 is 0. The van der Waals surface area contributed by atoms with Crippen molar-refractivity contribution in [3.63, 3.8) is 0 Å². The van der Waals surface area contributed by atoms with Gasteiger partial charge in [-0.05, 0) is 17.5 Å². The Bertz CT molecular complexity index is 379. The molecule has 0 saturated heterocycles. The number of aromatic nitrogens is 1. The first-order valence-corrected chi connectivity index (χ1v) is 4.37. The summed E-state index contributed by atoms with van der Waals surface area (Å²) in [4.78, 5) is 14.2. The number of rotatable bonds is 3. The van der Waals surface area contributed by atoms with E-state index < -0.39 is 0 Å². The van der Waals surface area contributed by atoms with E-state index in [0.29, 0.717) is 11.1 Å². The third kappa shape index (κ3) is 2.13. The second-order valence-corrected chi connectivity index (χ2v) is 3.33. The second-order valence-electron chi connectivity index (χ2n) is 3.33. The third-order valence-corrected chi connectivity index (χ3v) is 1.89. The van der Waals surface area contributed by atoms with Crippen LogP contribution in [0.5, 0.6) is 0 Å². The molecule has 0 bridgehead atoms. The molecule has 1 aromatic rings. The number of pyridine rings is 1. The Morgan fingerprint density at radius 2 is 2.36 bits per heavy atom. The van der Waals surface area contributed by atoms with Crippen LogP contribution >= 0.6 is 0 Å². The molecule has 0 saturated carbocycles. The van der Waals surface area contributed by atoms with E-state index in [9.17, 15) is 4.91 Å². The molecule has 1 rings (SSSR count). The van der Waals surface area contributed by atoms with E-state index >= 15 is 0 Å². The molecule has 0 aliphatic heterocycles. The average molecular weight is 189 g/mol. The Labute approximate surface area is 82.6 Å². The van der Waals surface area contributed by atoms with E-state index in [0.717, 1.165) is 5.69 Å². The lowest BCUT2D eigenvalue weighted by molar-refractivity contribution is 0.813. The van der Waals surface area contributed by atoms with E-state index in [2.05, 4.69) is 16.2 Å². The van der Waals surface area contributed by atoms with Crippen molar-refractivity contribution < 1.29 is 0 Å². The number of nitroso groups, excluding NO2 is 1. The fraction of sp³-hybridized carbons (Fsp3) is 0.400. The lowest BCUT2D eigenvalue weighted by Crippen LogP contribution is -1.98. The van der Waals surface area contributed by atoms with E-state index in [1.54, 1.807) is 12.3 Å². The minimum absolute atomic E-state index is 0.0695. The summed E-state index contributed by atoms with van der Waals surface area (Å²) in [5, 5.41) is 11.6. The first kappa shape index (κ1) is 10.3. The largest absolute Gasteiger partial charge is 0.259 e. The van der Waals surface area contributed by atoms with Gasteiger partial charge in [-0.3, -0.25) is 4.98 Å². The molecule has 0 N–H and O–H groups in total. The summed E-state index contributed by atoms with van der Waals surface area (Å²) >= 11 is 0. The third-order valence-electron chi connectivity index (χ3n) is 1.89. The van der Waals surface area contributed by atoms with Crippen LogP contribution in [-0.2, 0) is 6.54 Å². The van der Waals surface area contributed by atoms with Crippen molar-refractivity contribution in [2.75, 3.05) is 0 Å². The standard InChI is InChI=1S/C10H11N3O/c1-7(2)10-9(4-11)3-8(5-12-10)6-13-14/h3,5,7H,6H2,1-2H3. The lowest BCUT2D eigenvalue weighted by atomic mass is 10.0. The highest BCUT2D eigenvalue weighted by atomic mass is 16.3. The molecule has 0 amide bonds. The quantitative estimate of drug-likeness (QED) is 0.685. The number of hydrogen-bond donors (Lipinski definition) is 0. The lowest BCUT2D eigenvalue weighted by Gasteiger charge is -2.06. The van der Waals surface area contributed by atoms with Gasteiger partial charge in [-0.2, -0.15) is 10.2 Å². The monoisotopic (exact) mass is 189 g/mol. The van der Waals surface area contributed by atoms with Gasteiger partial charge < -0.3 is 0 Å². The summed E-state index contributed by atoms with van der Waals surface area (Å²) in [5.41, 5.74) is 1.98. The van der Waals surface area contributed by atoms with Gasteiger partial charge in [0.2, 0.25) is 0 Å². The fourth-order valence-corrected chi connectivity index (χ4v) is 1.23. The molecule has 0 spiro atoms. The summed E-state index contributed by atoms with van der Waals surface area (Å²) in [6.45, 7) is 4.02. The van der Waals surface area contributed by atoms with E-state index in [-0.39, 0.29) is 12.5 Å². The van der Waals surface area contributed by atoms with Crippen molar-refractivity contribution in [3.8, 4) is 6.07 Å². The zero-order valence-corrected chi connectivity index (χ0v) is 8.19. The first-order chi connectivity index (χ1) is 6.69. The zero-order chi connectivity index (χ0) is 10.6. The Hall–Kier alpha value is -1.76. The van der Waals surface area contributed by atoms with E-state index in [1.165, 1.54) is 0 Å². The van der Waals surface area contributed by atoms with Crippen molar-refractivity contribution >= 4 is 0 Å². The number of hydrogen-bond acceptors (Lipinski definition) is 4. The molecule has 72 valence electrons. The normalized spacial score (nSPS) is 9.86. The Kier molecular flexibility index (Phi) is 3.29. The van der Waals surface area contributed by atoms with Gasteiger partial charge in [0.05, 0.1) is 11.3 Å². The molecule has 0 unspecified atom stereocenters. The first-order valence-electron chi connectivity index (χ1n) is 4.37. The average Bonchev–Trinajstić information content (AvgIpc) is 2.17. The SMILES string of the molecule is CC(C)c1ncc(CN=O)cc1C#N. The van der Waals surface area contributed by atoms with Crippen LogP contribution in [0.1, 0.15) is 36.6 Å². The van der Waals surface area contributed by atoms with Crippen molar-refractivity contribution in [3.05, 3.63) is 34.0 Å². The van der Waals surface area contributed by atoms with Crippen LogP contribution in [-0.4, -0.2) is 4.98 Å². The molecule has 4 heteroatoms. The second kappa shape index (κ2) is 4.47. The number of nitriles is 1. The molecule has 0 atom stereocenters. The Morgan fingerprint density at radius 1 is 1.64 bits per heavy atom. The maximum Gasteiger partial charge on any atom is 0.108 e. The highest BCUT2D eigenvalue weighted by Crippen LogP contribution is 2.17. The van der Waals surface area contributed by atoms with Gasteiger partial charge in [0, 0.05) is 6.20 Å². The molecule has 0 fully saturated rings. The highest BCUT2D eigenvalue weighted by Gasteiger charge is 2.08. The van der Waals surface area contributed by atoms with Crippen LogP contribution in [0, 0.1) is 16.2 Å². The molecule has 0 aromatic carbocycles. The van der Waals surface area contributed by atoms with Gasteiger partial charge in [0.25, 0.3) is 0 Å². The maximum absolute atomic E-state index is 10.0. The Balaban J connectivity index is 3.13. The zero-order valence-electron chi connectivity index (χ0n) is 8.19. The predicted octanol–water partition coefficient (Wildman–Crippen LogP) is 2.34. The van der Waals surface area contributed by atoms with Crippen molar-refractivity contribution in [2.24, 2.45) is 5.18 Å². The van der Waals surface area contributed by atoms with Gasteiger partial charge in [-0.25, -0.2) is 0 Å². The van der Waals surface area contributed by atoms with Crippen LogP contribution in [0.3, 0.4) is 0 Å². The van der Waals surface area contributed by atoms with Gasteiger partial charge in [-0.15, -0.1) is 0 Å². The van der Waals surface area contributed by atoms with Crippen LogP contribution in [0.25, 0.3) is 0 Å². The molecule has 0 aliphatic carbocycles. The smallest absolute Gasteiger partial charge is 0.108 e.